The van der Waals surface area contributed by atoms with Gasteiger partial charge in [-0.3, -0.25) is 9.59 Å². The minimum Gasteiger partial charge on any atom is -0.481 e. The number of hydrogen-bond acceptors (Lipinski definition) is 3. The van der Waals surface area contributed by atoms with Crippen molar-refractivity contribution in [1.29, 1.82) is 0 Å². The van der Waals surface area contributed by atoms with Crippen molar-refractivity contribution < 1.29 is 14.7 Å². The summed E-state index contributed by atoms with van der Waals surface area (Å²) in [6, 6.07) is 0. The third kappa shape index (κ3) is 8.06. The lowest BCUT2D eigenvalue weighted by atomic mass is 9.94. The van der Waals surface area contributed by atoms with Gasteiger partial charge < -0.3 is 15.7 Å². The topological polar surface area (TPSA) is 83.6 Å². The lowest BCUT2D eigenvalue weighted by molar-refractivity contribution is -0.138. The van der Waals surface area contributed by atoms with E-state index < -0.39 is 5.97 Å². The SMILES string of the molecule is CCCC(CCN)CCC(=O)N(C)CCC(=O)O. The molecule has 0 aromatic heterocycles. The van der Waals surface area contributed by atoms with E-state index in [0.717, 1.165) is 25.7 Å². The van der Waals surface area contributed by atoms with Crippen molar-refractivity contribution >= 4 is 11.9 Å². The number of nitrogens with zero attached hydrogens (tertiary/aromatic N) is 1. The molecule has 0 spiro atoms. The summed E-state index contributed by atoms with van der Waals surface area (Å²) in [5, 5.41) is 8.55. The maximum atomic E-state index is 11.8. The highest BCUT2D eigenvalue weighted by Crippen LogP contribution is 2.17. The molecule has 0 saturated heterocycles. The lowest BCUT2D eigenvalue weighted by Crippen LogP contribution is -2.29. The maximum Gasteiger partial charge on any atom is 0.305 e. The summed E-state index contributed by atoms with van der Waals surface area (Å²) in [5.74, 6) is -0.340. The second-order valence-corrected chi connectivity index (χ2v) is 4.73. The minimum absolute atomic E-state index is 0.00340. The number of hydrogen-bond donors (Lipinski definition) is 2. The van der Waals surface area contributed by atoms with Gasteiger partial charge >= 0.3 is 5.97 Å². The van der Waals surface area contributed by atoms with E-state index in [0.29, 0.717) is 18.9 Å². The van der Waals surface area contributed by atoms with Crippen molar-refractivity contribution in [2.75, 3.05) is 20.1 Å². The van der Waals surface area contributed by atoms with Crippen LogP contribution in [0.25, 0.3) is 0 Å². The van der Waals surface area contributed by atoms with Gasteiger partial charge in [0.05, 0.1) is 6.42 Å². The monoisotopic (exact) mass is 258 g/mol. The van der Waals surface area contributed by atoms with Gasteiger partial charge in [-0.05, 0) is 25.3 Å². The predicted molar refractivity (Wildman–Crippen MR) is 71.2 cm³/mol. The fraction of sp³-hybridized carbons (Fsp3) is 0.846. The van der Waals surface area contributed by atoms with Gasteiger partial charge in [-0.1, -0.05) is 19.8 Å². The molecule has 1 atom stereocenters. The lowest BCUT2D eigenvalue weighted by Gasteiger charge is -2.19. The summed E-state index contributed by atoms with van der Waals surface area (Å²) in [7, 11) is 1.66. The Kier molecular flexibility index (Phi) is 9.28. The first kappa shape index (κ1) is 16.9. The summed E-state index contributed by atoms with van der Waals surface area (Å²) in [4.78, 5) is 23.7. The quantitative estimate of drug-likeness (QED) is 0.621. The van der Waals surface area contributed by atoms with Crippen LogP contribution < -0.4 is 5.73 Å². The molecule has 0 aliphatic carbocycles. The van der Waals surface area contributed by atoms with Crippen LogP contribution in [0.1, 0.15) is 45.4 Å². The molecule has 0 aliphatic heterocycles. The first-order valence-electron chi connectivity index (χ1n) is 6.67. The van der Waals surface area contributed by atoms with Crippen LogP contribution in [0.15, 0.2) is 0 Å². The van der Waals surface area contributed by atoms with Crippen molar-refractivity contribution in [3.63, 3.8) is 0 Å². The van der Waals surface area contributed by atoms with Crippen LogP contribution >= 0.6 is 0 Å². The Morgan fingerprint density at radius 2 is 1.89 bits per heavy atom. The van der Waals surface area contributed by atoms with Crippen molar-refractivity contribution in [2.45, 2.75) is 45.4 Å². The van der Waals surface area contributed by atoms with E-state index in [1.54, 1.807) is 7.05 Å². The zero-order valence-electron chi connectivity index (χ0n) is 11.5. The Morgan fingerprint density at radius 1 is 1.22 bits per heavy atom. The normalized spacial score (nSPS) is 12.2. The van der Waals surface area contributed by atoms with Crippen molar-refractivity contribution in [3.05, 3.63) is 0 Å². The van der Waals surface area contributed by atoms with E-state index in [9.17, 15) is 9.59 Å². The third-order valence-electron chi connectivity index (χ3n) is 3.13. The number of carbonyl (C=O) groups excluding carboxylic acids is 1. The van der Waals surface area contributed by atoms with E-state index >= 15 is 0 Å². The molecule has 0 aromatic rings. The van der Waals surface area contributed by atoms with Crippen LogP contribution in [0.4, 0.5) is 0 Å². The second-order valence-electron chi connectivity index (χ2n) is 4.73. The predicted octanol–water partition coefficient (Wildman–Crippen LogP) is 1.46. The highest BCUT2D eigenvalue weighted by atomic mass is 16.4. The Labute approximate surface area is 109 Å². The van der Waals surface area contributed by atoms with E-state index in [4.69, 9.17) is 10.8 Å². The maximum absolute atomic E-state index is 11.8. The summed E-state index contributed by atoms with van der Waals surface area (Å²) in [6.07, 6.45) is 4.50. The molecule has 1 unspecified atom stereocenters. The van der Waals surface area contributed by atoms with Crippen LogP contribution in [0.2, 0.25) is 0 Å². The molecule has 0 saturated carbocycles. The van der Waals surface area contributed by atoms with Crippen molar-refractivity contribution in [1.82, 2.24) is 4.90 Å². The Morgan fingerprint density at radius 3 is 2.39 bits per heavy atom. The summed E-state index contributed by atoms with van der Waals surface area (Å²) in [6.45, 7) is 3.07. The molecule has 0 heterocycles. The zero-order valence-corrected chi connectivity index (χ0v) is 11.5. The molecular formula is C13H26N2O3. The van der Waals surface area contributed by atoms with Crippen LogP contribution in [0.5, 0.6) is 0 Å². The average Bonchev–Trinajstić information content (AvgIpc) is 2.33. The van der Waals surface area contributed by atoms with E-state index in [1.807, 2.05) is 0 Å². The molecule has 5 heteroatoms. The zero-order chi connectivity index (χ0) is 14.0. The van der Waals surface area contributed by atoms with Gasteiger partial charge in [0.15, 0.2) is 0 Å². The summed E-state index contributed by atoms with van der Waals surface area (Å²) < 4.78 is 0. The second kappa shape index (κ2) is 9.88. The van der Waals surface area contributed by atoms with Crippen molar-refractivity contribution in [2.24, 2.45) is 11.7 Å². The van der Waals surface area contributed by atoms with Crippen LogP contribution in [0, 0.1) is 5.92 Å². The smallest absolute Gasteiger partial charge is 0.305 e. The molecule has 0 aliphatic rings. The molecule has 3 N–H and O–H groups in total. The molecule has 0 fully saturated rings. The number of carbonyl (C=O) groups is 2. The molecule has 1 amide bonds. The highest BCUT2D eigenvalue weighted by Gasteiger charge is 2.13. The molecular weight excluding hydrogens is 232 g/mol. The van der Waals surface area contributed by atoms with E-state index in [1.165, 1.54) is 4.90 Å². The molecule has 5 nitrogen and oxygen atoms in total. The van der Waals surface area contributed by atoms with E-state index in [-0.39, 0.29) is 18.9 Å². The van der Waals surface area contributed by atoms with E-state index in [2.05, 4.69) is 6.92 Å². The summed E-state index contributed by atoms with van der Waals surface area (Å²) >= 11 is 0. The number of rotatable bonds is 10. The largest absolute Gasteiger partial charge is 0.481 e. The fourth-order valence-electron chi connectivity index (χ4n) is 1.98. The Bertz CT molecular complexity index is 251. The van der Waals surface area contributed by atoms with Gasteiger partial charge in [-0.15, -0.1) is 0 Å². The average molecular weight is 258 g/mol. The molecule has 0 bridgehead atoms. The van der Waals surface area contributed by atoms with Gasteiger partial charge in [0, 0.05) is 20.0 Å². The number of carboxylic acids is 1. The van der Waals surface area contributed by atoms with Crippen LogP contribution in [-0.2, 0) is 9.59 Å². The number of amides is 1. The van der Waals surface area contributed by atoms with Gasteiger partial charge in [0.2, 0.25) is 5.91 Å². The molecule has 0 radical (unpaired) electrons. The number of nitrogens with two attached hydrogens (primary N) is 1. The van der Waals surface area contributed by atoms with Gasteiger partial charge in [0.25, 0.3) is 0 Å². The first-order chi connectivity index (χ1) is 8.51. The number of carboxylic acid groups (broad SMARTS) is 1. The van der Waals surface area contributed by atoms with Gasteiger partial charge in [-0.2, -0.15) is 0 Å². The Balaban J connectivity index is 3.94. The number of aliphatic carboxylic acids is 1. The van der Waals surface area contributed by atoms with Crippen LogP contribution in [0.3, 0.4) is 0 Å². The standard InChI is InChI=1S/C13H26N2O3/c1-3-4-11(7-9-14)5-6-12(16)15(2)10-8-13(17)18/h11H,3-10,14H2,1-2H3,(H,17,18). The summed E-state index contributed by atoms with van der Waals surface area (Å²) in [5.41, 5.74) is 5.55. The van der Waals surface area contributed by atoms with Gasteiger partial charge in [0.1, 0.15) is 0 Å². The minimum atomic E-state index is -0.873. The van der Waals surface area contributed by atoms with Crippen LogP contribution in [-0.4, -0.2) is 42.0 Å². The Hall–Kier alpha value is -1.10. The fourth-order valence-corrected chi connectivity index (χ4v) is 1.98. The third-order valence-corrected chi connectivity index (χ3v) is 3.13. The highest BCUT2D eigenvalue weighted by molar-refractivity contribution is 5.76. The molecule has 18 heavy (non-hydrogen) atoms. The molecule has 0 rings (SSSR count). The van der Waals surface area contributed by atoms with Gasteiger partial charge in [-0.25, -0.2) is 0 Å². The molecule has 106 valence electrons. The first-order valence-corrected chi connectivity index (χ1v) is 6.67. The molecule has 0 aromatic carbocycles. The van der Waals surface area contributed by atoms with Crippen molar-refractivity contribution in [3.8, 4) is 0 Å².